The Morgan fingerprint density at radius 3 is 2.05 bits per heavy atom. The highest BCUT2D eigenvalue weighted by Gasteiger charge is 2.55. The number of amides is 1. The molecule has 0 aliphatic carbocycles. The van der Waals surface area contributed by atoms with Gasteiger partial charge in [0.05, 0.1) is 11.0 Å². The maximum absolute atomic E-state index is 13.5. The molecule has 0 aromatic heterocycles. The summed E-state index contributed by atoms with van der Waals surface area (Å²) in [6, 6.07) is 5.67. The lowest BCUT2D eigenvalue weighted by Gasteiger charge is -2.56. The van der Waals surface area contributed by atoms with Crippen LogP contribution >= 0.6 is 0 Å². The van der Waals surface area contributed by atoms with Gasteiger partial charge < -0.3 is 18.5 Å². The first-order valence-corrected chi connectivity index (χ1v) is 19.3. The minimum Gasteiger partial charge on any atom is -0.430 e. The lowest BCUT2D eigenvalue weighted by atomic mass is 9.91. The molecule has 1 saturated heterocycles. The Morgan fingerprint density at radius 2 is 1.56 bits per heavy atom. The highest BCUT2D eigenvalue weighted by molar-refractivity contribution is 6.80. The Balaban J connectivity index is 2.11. The Bertz CT molecular complexity index is 1100. The van der Waals surface area contributed by atoms with E-state index >= 15 is 0 Å². The van der Waals surface area contributed by atoms with Gasteiger partial charge >= 0.3 is 6.16 Å². The summed E-state index contributed by atoms with van der Waals surface area (Å²) in [6.45, 7) is 24.4. The van der Waals surface area contributed by atoms with Gasteiger partial charge in [-0.15, -0.1) is 0 Å². The summed E-state index contributed by atoms with van der Waals surface area (Å²) in [4.78, 5) is 36.0. The van der Waals surface area contributed by atoms with Crippen molar-refractivity contribution in [2.75, 3.05) is 13.2 Å². The molecule has 1 fully saturated rings. The van der Waals surface area contributed by atoms with Crippen LogP contribution in [0.4, 0.5) is 10.5 Å². The standard InChI is InChI=1S/C28H46N2O7Si2/c1-20(18-35-26(32)36-19-21-12-14-22(15-13-21)30(33)34)24-23(16-17-37-39(10,11)28(5,6)7)29(25(24)31)38(8,9)27(2,3)4/h12-15,23H,16-19H2,1-11H3/b24-20+. The molecule has 1 aliphatic heterocycles. The number of nitrogens with zero attached hydrogens (tertiary/aromatic N) is 2. The van der Waals surface area contributed by atoms with Crippen molar-refractivity contribution >= 4 is 34.3 Å². The molecule has 0 spiro atoms. The van der Waals surface area contributed by atoms with Crippen molar-refractivity contribution in [1.82, 2.24) is 4.57 Å². The van der Waals surface area contributed by atoms with Gasteiger partial charge in [0.1, 0.15) is 13.2 Å². The third-order valence-electron chi connectivity index (χ3n) is 8.56. The van der Waals surface area contributed by atoms with E-state index in [1.165, 1.54) is 24.3 Å². The molecule has 0 radical (unpaired) electrons. The number of rotatable bonds is 10. The van der Waals surface area contributed by atoms with Crippen LogP contribution in [0.5, 0.6) is 0 Å². The third kappa shape index (κ3) is 7.58. The summed E-state index contributed by atoms with van der Waals surface area (Å²) in [7, 11) is -4.08. The first-order chi connectivity index (χ1) is 17.7. The minimum absolute atomic E-state index is 0.0132. The Morgan fingerprint density at radius 1 is 1.00 bits per heavy atom. The lowest BCUT2D eigenvalue weighted by Crippen LogP contribution is -2.70. The molecule has 1 amide bonds. The zero-order valence-corrected chi connectivity index (χ0v) is 27.5. The quantitative estimate of drug-likeness (QED) is 0.0722. The van der Waals surface area contributed by atoms with E-state index in [0.29, 0.717) is 29.7 Å². The van der Waals surface area contributed by atoms with Crippen LogP contribution in [0.1, 0.15) is 60.5 Å². The minimum atomic E-state index is -2.14. The second-order valence-corrected chi connectivity index (χ2v) is 23.3. The summed E-state index contributed by atoms with van der Waals surface area (Å²) >= 11 is 0. The maximum Gasteiger partial charge on any atom is 0.508 e. The molecular weight excluding hydrogens is 532 g/mol. The Kier molecular flexibility index (Phi) is 10.0. The molecule has 1 aromatic carbocycles. The molecule has 1 unspecified atom stereocenters. The van der Waals surface area contributed by atoms with Crippen LogP contribution in [0.25, 0.3) is 0 Å². The van der Waals surface area contributed by atoms with Crippen molar-refractivity contribution in [2.45, 2.75) is 104 Å². The first-order valence-electron chi connectivity index (χ1n) is 13.4. The van der Waals surface area contributed by atoms with E-state index in [1.807, 2.05) is 6.92 Å². The molecule has 39 heavy (non-hydrogen) atoms. The van der Waals surface area contributed by atoms with Gasteiger partial charge in [-0.1, -0.05) is 54.6 Å². The SMILES string of the molecule is C/C(COC(=O)OCc1ccc([N+](=O)[O-])cc1)=C1\C(=O)N([Si](C)(C)C(C)(C)C)C1CCO[Si](C)(C)C(C)(C)C. The highest BCUT2D eigenvalue weighted by Crippen LogP contribution is 2.46. The second-order valence-electron chi connectivity index (χ2n) is 13.3. The second kappa shape index (κ2) is 11.9. The molecule has 1 aromatic rings. The summed E-state index contributed by atoms with van der Waals surface area (Å²) < 4.78 is 19.0. The van der Waals surface area contributed by atoms with Crippen molar-refractivity contribution in [1.29, 1.82) is 0 Å². The van der Waals surface area contributed by atoms with E-state index in [1.54, 1.807) is 0 Å². The topological polar surface area (TPSA) is 108 Å². The Labute approximate surface area is 235 Å². The molecule has 0 saturated carbocycles. The van der Waals surface area contributed by atoms with Crippen molar-refractivity contribution in [2.24, 2.45) is 0 Å². The summed E-state index contributed by atoms with van der Waals surface area (Å²) in [5.74, 6) is 0.0132. The number of carbonyl (C=O) groups is 2. The molecular formula is C28H46N2O7Si2. The molecule has 1 atom stereocenters. The number of ether oxygens (including phenoxy) is 2. The average molecular weight is 579 g/mol. The van der Waals surface area contributed by atoms with Crippen LogP contribution < -0.4 is 0 Å². The largest absolute Gasteiger partial charge is 0.508 e. The molecule has 1 aliphatic rings. The van der Waals surface area contributed by atoms with Gasteiger partial charge in [-0.25, -0.2) is 4.79 Å². The molecule has 2 rings (SSSR count). The number of carbonyl (C=O) groups excluding carboxylic acids is 2. The van der Waals surface area contributed by atoms with Gasteiger partial charge in [-0.3, -0.25) is 14.9 Å². The molecule has 11 heteroatoms. The smallest absolute Gasteiger partial charge is 0.430 e. The van der Waals surface area contributed by atoms with Crippen molar-refractivity contribution < 1.29 is 28.4 Å². The van der Waals surface area contributed by atoms with Gasteiger partial charge in [-0.2, -0.15) is 0 Å². The normalized spacial score (nSPS) is 18.0. The van der Waals surface area contributed by atoms with Crippen molar-refractivity contribution in [3.8, 4) is 0 Å². The zero-order valence-electron chi connectivity index (χ0n) is 25.5. The number of benzene rings is 1. The van der Waals surface area contributed by atoms with Crippen molar-refractivity contribution in [3.05, 3.63) is 51.1 Å². The van der Waals surface area contributed by atoms with E-state index in [9.17, 15) is 19.7 Å². The number of non-ortho nitro benzene ring substituents is 1. The van der Waals surface area contributed by atoms with E-state index < -0.39 is 27.6 Å². The number of nitro groups is 1. The van der Waals surface area contributed by atoms with Crippen LogP contribution in [0.15, 0.2) is 35.4 Å². The van der Waals surface area contributed by atoms with E-state index in [4.69, 9.17) is 13.9 Å². The molecule has 9 nitrogen and oxygen atoms in total. The number of nitro benzene ring substituents is 1. The predicted octanol–water partition coefficient (Wildman–Crippen LogP) is 7.19. The molecule has 1 heterocycles. The fourth-order valence-corrected chi connectivity index (χ4v) is 7.46. The lowest BCUT2D eigenvalue weighted by molar-refractivity contribution is -0.384. The van der Waals surface area contributed by atoms with Gasteiger partial charge in [0.2, 0.25) is 5.91 Å². The van der Waals surface area contributed by atoms with Crippen LogP contribution in [0, 0.1) is 10.1 Å². The number of hydrogen-bond donors (Lipinski definition) is 0. The van der Waals surface area contributed by atoms with E-state index in [2.05, 4.69) is 72.3 Å². The van der Waals surface area contributed by atoms with Crippen LogP contribution in [0.2, 0.25) is 36.3 Å². The number of β-lactam (4-membered cyclic amide) rings is 1. The van der Waals surface area contributed by atoms with Gasteiger partial charge in [0.15, 0.2) is 16.6 Å². The molecule has 0 N–H and O–H groups in total. The van der Waals surface area contributed by atoms with E-state index in [-0.39, 0.29) is 40.9 Å². The van der Waals surface area contributed by atoms with Crippen LogP contribution in [0.3, 0.4) is 0 Å². The van der Waals surface area contributed by atoms with Crippen LogP contribution in [-0.4, -0.2) is 57.4 Å². The first kappa shape index (κ1) is 32.7. The maximum atomic E-state index is 13.5. The average Bonchev–Trinajstić information content (AvgIpc) is 2.79. The van der Waals surface area contributed by atoms with Gasteiger partial charge in [0.25, 0.3) is 5.69 Å². The highest BCUT2D eigenvalue weighted by atomic mass is 28.4. The molecule has 0 bridgehead atoms. The monoisotopic (exact) mass is 578 g/mol. The summed E-state index contributed by atoms with van der Waals surface area (Å²) in [6.07, 6.45) is -0.165. The molecule has 218 valence electrons. The zero-order chi connectivity index (χ0) is 30.0. The van der Waals surface area contributed by atoms with Crippen molar-refractivity contribution in [3.63, 3.8) is 0 Å². The third-order valence-corrected chi connectivity index (χ3v) is 18.5. The van der Waals surface area contributed by atoms with Gasteiger partial charge in [0, 0.05) is 24.3 Å². The fourth-order valence-electron chi connectivity index (χ4n) is 4.01. The Hall–Kier alpha value is -2.51. The number of hydrogen-bond acceptors (Lipinski definition) is 7. The van der Waals surface area contributed by atoms with Gasteiger partial charge in [-0.05, 0) is 59.8 Å². The van der Waals surface area contributed by atoms with Crippen LogP contribution in [-0.2, 0) is 25.3 Å². The summed E-state index contributed by atoms with van der Waals surface area (Å²) in [5.41, 5.74) is 1.97. The fraction of sp³-hybridized carbons (Fsp3) is 0.643. The summed E-state index contributed by atoms with van der Waals surface area (Å²) in [5, 5.41) is 10.9. The van der Waals surface area contributed by atoms with E-state index in [0.717, 1.165) is 0 Å². The predicted molar refractivity (Wildman–Crippen MR) is 158 cm³/mol.